The number of carbonyl (C=O) groups is 2. The van der Waals surface area contributed by atoms with Gasteiger partial charge < -0.3 is 10.6 Å². The van der Waals surface area contributed by atoms with Crippen LogP contribution in [-0.2, 0) is 4.79 Å². The third kappa shape index (κ3) is 2.44. The lowest BCUT2D eigenvalue weighted by atomic mass is 10.1. The Morgan fingerprint density at radius 2 is 2.09 bits per heavy atom. The molecule has 0 atom stereocenters. The average Bonchev–Trinajstić information content (AvgIpc) is 2.67. The Morgan fingerprint density at radius 1 is 1.27 bits per heavy atom. The molecule has 1 aromatic heterocycles. The molecule has 0 aliphatic carbocycles. The number of para-hydroxylation sites is 1. The first-order valence-corrected chi connectivity index (χ1v) is 7.11. The van der Waals surface area contributed by atoms with E-state index < -0.39 is 0 Å². The highest BCUT2D eigenvalue weighted by Crippen LogP contribution is 2.34. The maximum absolute atomic E-state index is 12.7. The first-order chi connectivity index (χ1) is 10.7. The molecule has 3 rings (SSSR count). The van der Waals surface area contributed by atoms with Crippen molar-refractivity contribution in [1.29, 1.82) is 0 Å². The van der Waals surface area contributed by atoms with Crippen LogP contribution in [0.15, 0.2) is 42.6 Å². The molecule has 0 saturated heterocycles. The lowest BCUT2D eigenvalue weighted by molar-refractivity contribution is -0.361. The van der Waals surface area contributed by atoms with E-state index in [1.54, 1.807) is 48.5 Å². The lowest BCUT2D eigenvalue weighted by Gasteiger charge is -2.15. The molecule has 0 radical (unpaired) electrons. The van der Waals surface area contributed by atoms with Gasteiger partial charge in [-0.3, -0.25) is 4.79 Å². The smallest absolute Gasteiger partial charge is 0.316 e. The van der Waals surface area contributed by atoms with E-state index in [0.717, 1.165) is 0 Å². The Bertz CT molecular complexity index is 730. The van der Waals surface area contributed by atoms with E-state index in [1.165, 1.54) is 0 Å². The maximum Gasteiger partial charge on any atom is 0.316 e. The van der Waals surface area contributed by atoms with Gasteiger partial charge in [-0.15, -0.1) is 0 Å². The van der Waals surface area contributed by atoms with Crippen molar-refractivity contribution in [2.75, 3.05) is 23.8 Å². The van der Waals surface area contributed by atoms with Gasteiger partial charge in [-0.25, -0.2) is 9.78 Å². The van der Waals surface area contributed by atoms with Crippen molar-refractivity contribution >= 4 is 29.0 Å². The predicted molar refractivity (Wildman–Crippen MR) is 83.1 cm³/mol. The van der Waals surface area contributed by atoms with Crippen molar-refractivity contribution in [1.82, 2.24) is 5.32 Å². The van der Waals surface area contributed by atoms with Crippen LogP contribution >= 0.6 is 0 Å². The summed E-state index contributed by atoms with van der Waals surface area (Å²) in [7, 11) is 1.80. The quantitative estimate of drug-likeness (QED) is 0.897. The molecular weight excluding hydrogens is 280 g/mol. The molecule has 0 unspecified atom stereocenters. The zero-order chi connectivity index (χ0) is 15.5. The summed E-state index contributed by atoms with van der Waals surface area (Å²) in [6, 6.07) is 10.7. The van der Waals surface area contributed by atoms with Crippen molar-refractivity contribution < 1.29 is 14.6 Å². The molecule has 0 bridgehead atoms. The van der Waals surface area contributed by atoms with Crippen LogP contribution in [0.2, 0.25) is 0 Å². The molecule has 6 heteroatoms. The third-order valence-electron chi connectivity index (χ3n) is 3.53. The highest BCUT2D eigenvalue weighted by molar-refractivity contribution is 6.16. The highest BCUT2D eigenvalue weighted by Gasteiger charge is 2.36. The minimum atomic E-state index is -0.222. The molecule has 22 heavy (non-hydrogen) atoms. The Hall–Kier alpha value is -2.73. The van der Waals surface area contributed by atoms with E-state index in [0.29, 0.717) is 35.7 Å². The van der Waals surface area contributed by atoms with Gasteiger partial charge in [0.1, 0.15) is 11.4 Å². The average molecular weight is 297 g/mol. The zero-order valence-corrected chi connectivity index (χ0v) is 12.2. The zero-order valence-electron chi connectivity index (χ0n) is 12.2. The molecular formula is C16H17N4O2+. The van der Waals surface area contributed by atoms with E-state index in [2.05, 4.69) is 15.6 Å². The van der Waals surface area contributed by atoms with Gasteiger partial charge in [-0.1, -0.05) is 12.1 Å². The number of H-pyrrole nitrogens is 1. The van der Waals surface area contributed by atoms with Gasteiger partial charge in [0, 0.05) is 6.54 Å². The summed E-state index contributed by atoms with van der Waals surface area (Å²) in [6.07, 6.45) is 2.07. The number of aromatic amines is 1. The molecule has 1 aliphatic heterocycles. The number of nitrogens with zero attached hydrogens (tertiary/aromatic N) is 1. The summed E-state index contributed by atoms with van der Waals surface area (Å²) in [5.41, 5.74) is 1.65. The number of pyridine rings is 1. The highest BCUT2D eigenvalue weighted by atomic mass is 16.2. The molecule has 2 amide bonds. The standard InChI is InChI=1S/C16H16N4O2/c1-17-10-8-14(21)20-13-7-3-2-5-11(13)16(22)19-12-6-4-9-18-15(12)20/h2-7,9,17H,8,10H2,1H3,(H,19,22)/p+1. The van der Waals surface area contributed by atoms with E-state index in [9.17, 15) is 9.59 Å². The molecule has 1 aliphatic rings. The number of rotatable bonds is 3. The van der Waals surface area contributed by atoms with E-state index in [4.69, 9.17) is 0 Å². The van der Waals surface area contributed by atoms with Gasteiger partial charge in [0.05, 0.1) is 18.2 Å². The third-order valence-corrected chi connectivity index (χ3v) is 3.53. The molecule has 2 heterocycles. The second-order valence-corrected chi connectivity index (χ2v) is 4.99. The number of carbonyl (C=O) groups excluding carboxylic acids is 2. The number of hydrogen-bond donors (Lipinski definition) is 2. The molecule has 0 spiro atoms. The van der Waals surface area contributed by atoms with Crippen LogP contribution in [-0.4, -0.2) is 25.4 Å². The van der Waals surface area contributed by atoms with Gasteiger partial charge in [0.25, 0.3) is 5.91 Å². The van der Waals surface area contributed by atoms with Gasteiger partial charge in [0.15, 0.2) is 0 Å². The number of fused-ring (bicyclic) bond motifs is 2. The summed E-state index contributed by atoms with van der Waals surface area (Å²) in [6.45, 7) is 0.570. The van der Waals surface area contributed by atoms with Crippen LogP contribution in [0.5, 0.6) is 0 Å². The van der Waals surface area contributed by atoms with Crippen LogP contribution in [0, 0.1) is 0 Å². The topological polar surface area (TPSA) is 75.6 Å². The second kappa shape index (κ2) is 5.95. The predicted octanol–water partition coefficient (Wildman–Crippen LogP) is 1.34. The fourth-order valence-corrected chi connectivity index (χ4v) is 2.49. The number of nitrogens with one attached hydrogen (secondary N) is 3. The number of benzene rings is 1. The second-order valence-electron chi connectivity index (χ2n) is 4.99. The molecule has 3 N–H and O–H groups in total. The molecule has 112 valence electrons. The van der Waals surface area contributed by atoms with Crippen molar-refractivity contribution in [3.05, 3.63) is 48.2 Å². The number of anilines is 3. The van der Waals surface area contributed by atoms with Crippen molar-refractivity contribution in [3.63, 3.8) is 0 Å². The lowest BCUT2D eigenvalue weighted by Crippen LogP contribution is -2.33. The van der Waals surface area contributed by atoms with Crippen LogP contribution < -0.4 is 20.5 Å². The van der Waals surface area contributed by atoms with Crippen LogP contribution in [0.25, 0.3) is 0 Å². The fourth-order valence-electron chi connectivity index (χ4n) is 2.49. The van der Waals surface area contributed by atoms with Gasteiger partial charge >= 0.3 is 11.7 Å². The first kappa shape index (κ1) is 14.2. The van der Waals surface area contributed by atoms with E-state index >= 15 is 0 Å². The number of amides is 2. The number of aromatic nitrogens is 1. The summed E-state index contributed by atoms with van der Waals surface area (Å²) >= 11 is 0. The van der Waals surface area contributed by atoms with Gasteiger partial charge in [-0.05, 0) is 31.3 Å². The van der Waals surface area contributed by atoms with E-state index in [-0.39, 0.29) is 11.8 Å². The van der Waals surface area contributed by atoms with Crippen LogP contribution in [0.1, 0.15) is 16.8 Å². The first-order valence-electron chi connectivity index (χ1n) is 7.11. The minimum Gasteiger partial charge on any atom is -0.319 e. The molecule has 1 aromatic carbocycles. The molecule has 6 nitrogen and oxygen atoms in total. The minimum absolute atomic E-state index is 0.0815. The normalized spacial score (nSPS) is 13.0. The van der Waals surface area contributed by atoms with Crippen LogP contribution in [0.3, 0.4) is 0 Å². The summed E-state index contributed by atoms with van der Waals surface area (Å²) in [5.74, 6) is 0.268. The Labute approximate surface area is 128 Å². The Morgan fingerprint density at radius 3 is 2.91 bits per heavy atom. The maximum atomic E-state index is 12.7. The largest absolute Gasteiger partial charge is 0.319 e. The van der Waals surface area contributed by atoms with Gasteiger partial charge in [0.2, 0.25) is 0 Å². The summed E-state index contributed by atoms with van der Waals surface area (Å²) < 4.78 is 0. The monoisotopic (exact) mass is 297 g/mol. The van der Waals surface area contributed by atoms with Crippen molar-refractivity contribution in [2.24, 2.45) is 0 Å². The van der Waals surface area contributed by atoms with E-state index in [1.807, 2.05) is 6.07 Å². The summed E-state index contributed by atoms with van der Waals surface area (Å²) in [5, 5.41) is 5.81. The summed E-state index contributed by atoms with van der Waals surface area (Å²) in [4.78, 5) is 29.7. The molecule has 0 fully saturated rings. The number of hydrogen-bond acceptors (Lipinski definition) is 3. The van der Waals surface area contributed by atoms with Gasteiger partial charge in [-0.2, -0.15) is 4.90 Å². The van der Waals surface area contributed by atoms with Crippen molar-refractivity contribution in [3.8, 4) is 0 Å². The molecule has 2 aromatic rings. The van der Waals surface area contributed by atoms with Crippen LogP contribution in [0.4, 0.5) is 17.2 Å². The molecule has 0 saturated carbocycles. The SMILES string of the molecule is CNCCC(=O)N1c2ccccc2C(=O)Nc2ccc[nH+]c21. The Balaban J connectivity index is 2.15. The fraction of sp³-hybridized carbons (Fsp3) is 0.188. The Kier molecular flexibility index (Phi) is 3.84. The van der Waals surface area contributed by atoms with Crippen molar-refractivity contribution in [2.45, 2.75) is 6.42 Å².